The van der Waals surface area contributed by atoms with Gasteiger partial charge in [0.1, 0.15) is 11.6 Å². The number of hydrogen-bond acceptors (Lipinski definition) is 3. The largest absolute Gasteiger partial charge is 0.409 e. The molecule has 1 aromatic carbocycles. The molecular weight excluding hydrogens is 240 g/mol. The average molecular weight is 257 g/mol. The second kappa shape index (κ2) is 6.30. The first kappa shape index (κ1) is 14.4. The molecule has 0 saturated heterocycles. The van der Waals surface area contributed by atoms with E-state index in [0.717, 1.165) is 18.2 Å². The molecule has 6 heteroatoms. The van der Waals surface area contributed by atoms with Gasteiger partial charge in [-0.1, -0.05) is 5.16 Å². The number of halogens is 2. The van der Waals surface area contributed by atoms with Gasteiger partial charge in [-0.15, -0.1) is 0 Å². The van der Waals surface area contributed by atoms with Crippen molar-refractivity contribution in [3.8, 4) is 0 Å². The Bertz CT molecular complexity index is 435. The molecule has 0 heterocycles. The third-order valence-electron chi connectivity index (χ3n) is 2.61. The Kier molecular flexibility index (Phi) is 5.03. The van der Waals surface area contributed by atoms with Crippen LogP contribution in [0.4, 0.5) is 8.78 Å². The zero-order chi connectivity index (χ0) is 13.7. The molecule has 0 radical (unpaired) electrons. The highest BCUT2D eigenvalue weighted by molar-refractivity contribution is 5.81. The molecule has 0 aliphatic rings. The van der Waals surface area contributed by atoms with Crippen molar-refractivity contribution in [2.24, 2.45) is 10.9 Å². The van der Waals surface area contributed by atoms with Gasteiger partial charge in [-0.2, -0.15) is 0 Å². The summed E-state index contributed by atoms with van der Waals surface area (Å²) in [5.74, 6) is -0.930. The van der Waals surface area contributed by atoms with Crippen LogP contribution in [0.2, 0.25) is 0 Å². The minimum absolute atomic E-state index is 0.0283. The van der Waals surface area contributed by atoms with Crippen LogP contribution < -0.4 is 5.73 Å². The van der Waals surface area contributed by atoms with E-state index < -0.39 is 11.6 Å². The highest BCUT2D eigenvalue weighted by atomic mass is 19.1. The van der Waals surface area contributed by atoms with Crippen LogP contribution in [-0.4, -0.2) is 28.5 Å². The van der Waals surface area contributed by atoms with Gasteiger partial charge < -0.3 is 10.9 Å². The number of hydrogen-bond donors (Lipinski definition) is 2. The fourth-order valence-electron chi connectivity index (χ4n) is 1.54. The van der Waals surface area contributed by atoms with E-state index in [1.54, 1.807) is 4.90 Å². The molecule has 0 fully saturated rings. The van der Waals surface area contributed by atoms with Crippen LogP contribution in [0.25, 0.3) is 0 Å². The summed E-state index contributed by atoms with van der Waals surface area (Å²) in [6, 6.07) is 3.36. The lowest BCUT2D eigenvalue weighted by Crippen LogP contribution is -2.38. The molecular formula is C12H17F2N3O. The van der Waals surface area contributed by atoms with Crippen molar-refractivity contribution < 1.29 is 14.0 Å². The van der Waals surface area contributed by atoms with Crippen molar-refractivity contribution in [3.63, 3.8) is 0 Å². The van der Waals surface area contributed by atoms with E-state index in [9.17, 15) is 8.78 Å². The lowest BCUT2D eigenvalue weighted by molar-refractivity contribution is 0.235. The van der Waals surface area contributed by atoms with Gasteiger partial charge in [0.05, 0.1) is 6.54 Å². The summed E-state index contributed by atoms with van der Waals surface area (Å²) in [5.41, 5.74) is 5.67. The smallest absolute Gasteiger partial charge is 0.153 e. The average Bonchev–Trinajstić information content (AvgIpc) is 2.32. The van der Waals surface area contributed by atoms with Crippen LogP contribution in [0, 0.1) is 11.6 Å². The predicted molar refractivity (Wildman–Crippen MR) is 65.3 cm³/mol. The Balaban J connectivity index is 2.86. The van der Waals surface area contributed by atoms with Gasteiger partial charge in [0.25, 0.3) is 0 Å². The quantitative estimate of drug-likeness (QED) is 0.366. The van der Waals surface area contributed by atoms with Crippen molar-refractivity contribution in [3.05, 3.63) is 35.4 Å². The number of nitrogens with zero attached hydrogens (tertiary/aromatic N) is 2. The third-order valence-corrected chi connectivity index (χ3v) is 2.61. The first-order valence-corrected chi connectivity index (χ1v) is 5.58. The van der Waals surface area contributed by atoms with Crippen molar-refractivity contribution in [1.29, 1.82) is 0 Å². The maximum absolute atomic E-state index is 13.5. The minimum Gasteiger partial charge on any atom is -0.409 e. The van der Waals surface area contributed by atoms with E-state index in [0.29, 0.717) is 0 Å². The first-order valence-electron chi connectivity index (χ1n) is 5.58. The summed E-state index contributed by atoms with van der Waals surface area (Å²) in [4.78, 5) is 1.77. The molecule has 1 aromatic rings. The molecule has 0 spiro atoms. The molecule has 3 N–H and O–H groups in total. The maximum Gasteiger partial charge on any atom is 0.153 e. The predicted octanol–water partition coefficient (Wildman–Crippen LogP) is 1.92. The highest BCUT2D eigenvalue weighted by Crippen LogP contribution is 2.14. The Hall–Kier alpha value is -1.69. The number of benzene rings is 1. The number of oxime groups is 1. The normalized spacial score (nSPS) is 12.4. The van der Waals surface area contributed by atoms with E-state index in [-0.39, 0.29) is 30.5 Å². The maximum atomic E-state index is 13.5. The van der Waals surface area contributed by atoms with E-state index in [1.807, 2.05) is 13.8 Å². The van der Waals surface area contributed by atoms with Gasteiger partial charge in [0.15, 0.2) is 5.84 Å². The van der Waals surface area contributed by atoms with Crippen molar-refractivity contribution in [2.45, 2.75) is 26.4 Å². The standard InChI is InChI=1S/C12H17F2N3O/c1-8(2)17(7-12(15)16-18)6-9-5-10(13)3-4-11(9)14/h3-5,8,18H,6-7H2,1-2H3,(H2,15,16). The zero-order valence-corrected chi connectivity index (χ0v) is 10.4. The molecule has 0 aromatic heterocycles. The zero-order valence-electron chi connectivity index (χ0n) is 10.4. The third kappa shape index (κ3) is 3.96. The van der Waals surface area contributed by atoms with Gasteiger partial charge >= 0.3 is 0 Å². The monoisotopic (exact) mass is 257 g/mol. The van der Waals surface area contributed by atoms with E-state index in [1.165, 1.54) is 0 Å². The SMILES string of the molecule is CC(C)N(CC(N)=NO)Cc1cc(F)ccc1F. The van der Waals surface area contributed by atoms with Crippen LogP contribution in [0.15, 0.2) is 23.4 Å². The van der Waals surface area contributed by atoms with Gasteiger partial charge in [0.2, 0.25) is 0 Å². The molecule has 0 aliphatic carbocycles. The number of amidine groups is 1. The minimum atomic E-state index is -0.487. The topological polar surface area (TPSA) is 61.8 Å². The Morgan fingerprint density at radius 2 is 2.11 bits per heavy atom. The summed E-state index contributed by atoms with van der Waals surface area (Å²) in [6.07, 6.45) is 0. The summed E-state index contributed by atoms with van der Waals surface area (Å²) < 4.78 is 26.6. The van der Waals surface area contributed by atoms with Crippen LogP contribution in [0.1, 0.15) is 19.4 Å². The lowest BCUT2D eigenvalue weighted by atomic mass is 10.1. The summed E-state index contributed by atoms with van der Waals surface area (Å²) in [5, 5.41) is 11.4. The Morgan fingerprint density at radius 1 is 1.44 bits per heavy atom. The molecule has 4 nitrogen and oxygen atoms in total. The van der Waals surface area contributed by atoms with Gasteiger partial charge in [-0.05, 0) is 32.0 Å². The molecule has 0 unspecified atom stereocenters. The van der Waals surface area contributed by atoms with E-state index in [4.69, 9.17) is 10.9 Å². The van der Waals surface area contributed by atoms with Crippen LogP contribution >= 0.6 is 0 Å². The second-order valence-electron chi connectivity index (χ2n) is 4.33. The first-order chi connectivity index (χ1) is 8.43. The van der Waals surface area contributed by atoms with E-state index in [2.05, 4.69) is 5.16 Å². The molecule has 0 saturated carbocycles. The van der Waals surface area contributed by atoms with E-state index >= 15 is 0 Å². The summed E-state index contributed by atoms with van der Waals surface area (Å²) in [6.45, 7) is 4.16. The number of rotatable bonds is 5. The van der Waals surface area contributed by atoms with Crippen molar-refractivity contribution in [2.75, 3.05) is 6.54 Å². The number of nitrogens with two attached hydrogens (primary N) is 1. The highest BCUT2D eigenvalue weighted by Gasteiger charge is 2.14. The molecule has 100 valence electrons. The second-order valence-corrected chi connectivity index (χ2v) is 4.33. The van der Waals surface area contributed by atoms with Crippen LogP contribution in [-0.2, 0) is 6.54 Å². The van der Waals surface area contributed by atoms with Crippen molar-refractivity contribution >= 4 is 5.84 Å². The van der Waals surface area contributed by atoms with Crippen LogP contribution in [0.3, 0.4) is 0 Å². The van der Waals surface area contributed by atoms with Gasteiger partial charge in [-0.25, -0.2) is 8.78 Å². The molecule has 1 rings (SSSR count). The molecule has 18 heavy (non-hydrogen) atoms. The molecule has 0 atom stereocenters. The lowest BCUT2D eigenvalue weighted by Gasteiger charge is -2.25. The molecule has 0 amide bonds. The fraction of sp³-hybridized carbons (Fsp3) is 0.417. The van der Waals surface area contributed by atoms with Gasteiger partial charge in [0, 0.05) is 18.2 Å². The van der Waals surface area contributed by atoms with Crippen molar-refractivity contribution in [1.82, 2.24) is 4.90 Å². The van der Waals surface area contributed by atoms with Gasteiger partial charge in [-0.3, -0.25) is 4.90 Å². The molecule has 0 aliphatic heterocycles. The van der Waals surface area contributed by atoms with Crippen LogP contribution in [0.5, 0.6) is 0 Å². The molecule has 0 bridgehead atoms. The summed E-state index contributed by atoms with van der Waals surface area (Å²) >= 11 is 0. The Morgan fingerprint density at radius 3 is 2.67 bits per heavy atom. The fourth-order valence-corrected chi connectivity index (χ4v) is 1.54. The Labute approximate surface area is 105 Å². The summed E-state index contributed by atoms with van der Waals surface area (Å²) in [7, 11) is 0.